The number of amides is 1. The predicted molar refractivity (Wildman–Crippen MR) is 123 cm³/mol. The minimum Gasteiger partial charge on any atom is -0.375 e. The van der Waals surface area contributed by atoms with Crippen LogP contribution in [-0.4, -0.2) is 70.6 Å². The largest absolute Gasteiger partial charge is 0.375 e. The zero-order valence-electron chi connectivity index (χ0n) is 17.9. The molecule has 5 rings (SSSR count). The molecule has 0 radical (unpaired) electrons. The van der Waals surface area contributed by atoms with Crippen molar-refractivity contribution >= 4 is 23.6 Å². The molecule has 1 aromatic heterocycles. The van der Waals surface area contributed by atoms with Crippen LogP contribution < -0.4 is 10.2 Å². The standard InChI is InChI=1S/C23H27FN6OS/c24-21-20-18(8-4-15-32-20)27-16-30(21)19(17-6-2-1-3-7-17)22(31)28-11-13-29(14-12-28)23-25-9-5-10-26-23/h1-3,5-7,9-10,19,21,27H,4,8,11-16H2. The number of benzene rings is 1. The summed E-state index contributed by atoms with van der Waals surface area (Å²) in [4.78, 5) is 28.7. The fourth-order valence-electron chi connectivity index (χ4n) is 4.53. The number of nitrogens with one attached hydrogen (secondary N) is 1. The average Bonchev–Trinajstić information content (AvgIpc) is 2.87. The molecule has 1 saturated heterocycles. The van der Waals surface area contributed by atoms with Gasteiger partial charge in [-0.15, -0.1) is 11.8 Å². The molecular weight excluding hydrogens is 427 g/mol. The highest BCUT2D eigenvalue weighted by atomic mass is 32.2. The molecule has 3 aliphatic rings. The second-order valence-corrected chi connectivity index (χ2v) is 9.29. The third-order valence-electron chi connectivity index (χ3n) is 6.22. The molecule has 2 atom stereocenters. The second-order valence-electron chi connectivity index (χ2n) is 8.15. The Balaban J connectivity index is 1.36. The number of aromatic nitrogens is 2. The molecule has 0 saturated carbocycles. The van der Waals surface area contributed by atoms with Crippen LogP contribution in [0.5, 0.6) is 0 Å². The van der Waals surface area contributed by atoms with Crippen LogP contribution in [0.3, 0.4) is 0 Å². The number of anilines is 1. The number of piperazine rings is 1. The maximum atomic E-state index is 15.7. The molecule has 7 nitrogen and oxygen atoms in total. The first-order valence-electron chi connectivity index (χ1n) is 11.1. The Morgan fingerprint density at radius 3 is 2.59 bits per heavy atom. The van der Waals surface area contributed by atoms with E-state index in [9.17, 15) is 4.79 Å². The molecule has 0 spiro atoms. The van der Waals surface area contributed by atoms with Crippen LogP contribution in [0, 0.1) is 0 Å². The van der Waals surface area contributed by atoms with Gasteiger partial charge in [-0.1, -0.05) is 30.3 Å². The summed E-state index contributed by atoms with van der Waals surface area (Å²) in [5.74, 6) is 1.54. The van der Waals surface area contributed by atoms with Crippen molar-refractivity contribution < 1.29 is 9.18 Å². The van der Waals surface area contributed by atoms with Crippen molar-refractivity contribution in [1.29, 1.82) is 0 Å². The summed E-state index contributed by atoms with van der Waals surface area (Å²) in [6.45, 7) is 2.74. The van der Waals surface area contributed by atoms with Crippen LogP contribution in [0.2, 0.25) is 0 Å². The zero-order valence-corrected chi connectivity index (χ0v) is 18.7. The SMILES string of the molecule is O=C(C(c1ccccc1)N1CNC2=C(SCCC2)C1F)N1CCN(c2ncccn2)CC1. The summed E-state index contributed by atoms with van der Waals surface area (Å²) in [5.41, 5.74) is 1.82. The van der Waals surface area contributed by atoms with Crippen LogP contribution in [0.4, 0.5) is 10.3 Å². The monoisotopic (exact) mass is 454 g/mol. The molecule has 4 heterocycles. The van der Waals surface area contributed by atoms with E-state index < -0.39 is 12.3 Å². The van der Waals surface area contributed by atoms with Gasteiger partial charge < -0.3 is 15.1 Å². The Hall–Kier alpha value is -2.65. The van der Waals surface area contributed by atoms with Gasteiger partial charge in [0, 0.05) is 44.3 Å². The molecule has 2 unspecified atom stereocenters. The van der Waals surface area contributed by atoms with E-state index in [0.29, 0.717) is 38.8 Å². The van der Waals surface area contributed by atoms with Gasteiger partial charge in [0.2, 0.25) is 11.9 Å². The summed E-state index contributed by atoms with van der Waals surface area (Å²) in [7, 11) is 0. The highest BCUT2D eigenvalue weighted by Gasteiger charge is 2.41. The number of allylic oxidation sites excluding steroid dienone is 1. The Morgan fingerprint density at radius 1 is 1.09 bits per heavy atom. The van der Waals surface area contributed by atoms with Crippen molar-refractivity contribution in [1.82, 2.24) is 25.1 Å². The van der Waals surface area contributed by atoms with Gasteiger partial charge in [-0.2, -0.15) is 0 Å². The number of alkyl halides is 1. The minimum absolute atomic E-state index is 0.0564. The maximum absolute atomic E-state index is 15.7. The highest BCUT2D eigenvalue weighted by Crippen LogP contribution is 2.39. The van der Waals surface area contributed by atoms with Gasteiger partial charge in [0.05, 0.1) is 11.6 Å². The molecular formula is C23H27FN6OS. The van der Waals surface area contributed by atoms with E-state index in [2.05, 4.69) is 20.2 Å². The molecule has 32 heavy (non-hydrogen) atoms. The number of rotatable bonds is 4. The van der Waals surface area contributed by atoms with Crippen molar-refractivity contribution in [3.63, 3.8) is 0 Å². The van der Waals surface area contributed by atoms with Crippen molar-refractivity contribution in [3.05, 3.63) is 65.0 Å². The van der Waals surface area contributed by atoms with Gasteiger partial charge in [0.1, 0.15) is 6.04 Å². The molecule has 0 aliphatic carbocycles. The second kappa shape index (κ2) is 9.46. The van der Waals surface area contributed by atoms with Crippen molar-refractivity contribution in [3.8, 4) is 0 Å². The van der Waals surface area contributed by atoms with Crippen molar-refractivity contribution in [2.45, 2.75) is 25.2 Å². The summed E-state index contributed by atoms with van der Waals surface area (Å²) < 4.78 is 15.7. The number of carbonyl (C=O) groups excluding carboxylic acids is 1. The molecule has 1 fully saturated rings. The predicted octanol–water partition coefficient (Wildman–Crippen LogP) is 2.76. The van der Waals surface area contributed by atoms with E-state index in [0.717, 1.165) is 34.8 Å². The Morgan fingerprint density at radius 2 is 1.84 bits per heavy atom. The fraction of sp³-hybridized carbons (Fsp3) is 0.435. The van der Waals surface area contributed by atoms with Crippen LogP contribution in [0.25, 0.3) is 0 Å². The van der Waals surface area contributed by atoms with Crippen LogP contribution in [-0.2, 0) is 4.79 Å². The Labute approximate surface area is 191 Å². The Kier molecular flexibility index (Phi) is 6.27. The van der Waals surface area contributed by atoms with Gasteiger partial charge in [-0.3, -0.25) is 4.79 Å². The molecule has 0 bridgehead atoms. The summed E-state index contributed by atoms with van der Waals surface area (Å²) in [6, 6.07) is 10.7. The first-order valence-corrected chi connectivity index (χ1v) is 12.1. The minimum atomic E-state index is -1.27. The van der Waals surface area contributed by atoms with E-state index in [4.69, 9.17) is 0 Å². The number of hydrogen-bond acceptors (Lipinski definition) is 7. The fourth-order valence-corrected chi connectivity index (χ4v) is 5.66. The molecule has 3 aliphatic heterocycles. The molecule has 2 aromatic rings. The van der Waals surface area contributed by atoms with E-state index in [1.54, 1.807) is 35.1 Å². The van der Waals surface area contributed by atoms with Gasteiger partial charge in [-0.25, -0.2) is 19.3 Å². The number of thioether (sulfide) groups is 1. The van der Waals surface area contributed by atoms with Gasteiger partial charge in [0.15, 0.2) is 6.30 Å². The lowest BCUT2D eigenvalue weighted by Crippen LogP contribution is -2.55. The first-order chi connectivity index (χ1) is 15.7. The van der Waals surface area contributed by atoms with E-state index in [-0.39, 0.29) is 5.91 Å². The Bertz CT molecular complexity index is 967. The third kappa shape index (κ3) is 4.19. The quantitative estimate of drug-likeness (QED) is 0.713. The molecule has 1 N–H and O–H groups in total. The first kappa shape index (κ1) is 21.2. The molecule has 168 valence electrons. The van der Waals surface area contributed by atoms with Crippen LogP contribution >= 0.6 is 11.8 Å². The third-order valence-corrected chi connectivity index (χ3v) is 7.46. The number of hydrogen-bond donors (Lipinski definition) is 1. The normalized spacial score (nSPS) is 22.8. The zero-order chi connectivity index (χ0) is 21.9. The average molecular weight is 455 g/mol. The van der Waals surface area contributed by atoms with Gasteiger partial charge in [-0.05, 0) is 30.2 Å². The lowest BCUT2D eigenvalue weighted by molar-refractivity contribution is -0.140. The van der Waals surface area contributed by atoms with Crippen LogP contribution in [0.15, 0.2) is 59.4 Å². The molecule has 9 heteroatoms. The van der Waals surface area contributed by atoms with E-state index in [1.165, 1.54) is 0 Å². The summed E-state index contributed by atoms with van der Waals surface area (Å²) in [6.07, 6.45) is 4.11. The molecule has 1 aromatic carbocycles. The lowest BCUT2D eigenvalue weighted by Gasteiger charge is -2.43. The number of nitrogens with zero attached hydrogens (tertiary/aromatic N) is 5. The topological polar surface area (TPSA) is 64.6 Å². The summed E-state index contributed by atoms with van der Waals surface area (Å²) in [5, 5.41) is 3.39. The van der Waals surface area contributed by atoms with Gasteiger partial charge in [0.25, 0.3) is 0 Å². The maximum Gasteiger partial charge on any atom is 0.244 e. The molecule has 1 amide bonds. The number of carbonyl (C=O) groups is 1. The smallest absolute Gasteiger partial charge is 0.244 e. The van der Waals surface area contributed by atoms with Crippen LogP contribution in [0.1, 0.15) is 24.4 Å². The van der Waals surface area contributed by atoms with Crippen molar-refractivity contribution in [2.75, 3.05) is 43.5 Å². The van der Waals surface area contributed by atoms with Gasteiger partial charge >= 0.3 is 0 Å². The number of halogens is 1. The lowest BCUT2D eigenvalue weighted by atomic mass is 10.0. The van der Waals surface area contributed by atoms with Crippen molar-refractivity contribution in [2.24, 2.45) is 0 Å². The van der Waals surface area contributed by atoms with E-state index in [1.807, 2.05) is 35.2 Å². The van der Waals surface area contributed by atoms with E-state index >= 15 is 4.39 Å². The summed E-state index contributed by atoms with van der Waals surface area (Å²) >= 11 is 1.57. The highest BCUT2D eigenvalue weighted by molar-refractivity contribution is 8.03.